The van der Waals surface area contributed by atoms with E-state index in [4.69, 9.17) is 9.26 Å². The maximum Gasteiger partial charge on any atom is 0.341 e. The molecule has 0 saturated heterocycles. The van der Waals surface area contributed by atoms with Crippen LogP contribution >= 0.6 is 11.3 Å². The van der Waals surface area contributed by atoms with Gasteiger partial charge in [0.05, 0.1) is 29.3 Å². The van der Waals surface area contributed by atoms with Crippen molar-refractivity contribution in [2.75, 3.05) is 32.6 Å². The van der Waals surface area contributed by atoms with E-state index in [-0.39, 0.29) is 30.5 Å². The second-order valence-electron chi connectivity index (χ2n) is 6.58. The highest BCUT2D eigenvalue weighted by Crippen LogP contribution is 2.33. The van der Waals surface area contributed by atoms with Crippen molar-refractivity contribution >= 4 is 34.1 Å². The minimum atomic E-state index is -0.573. The molecule has 2 amide bonds. The SMILES string of the molecule is CCOC(=O)c1c(NC(=O)CN(C)Cc2c(C)noc2C)sc(C(=O)NC)c1C. The number of carbonyl (C=O) groups is 3. The maximum atomic E-state index is 12.6. The molecule has 0 aliphatic rings. The Labute approximate surface area is 173 Å². The lowest BCUT2D eigenvalue weighted by atomic mass is 10.1. The van der Waals surface area contributed by atoms with Crippen LogP contribution in [0, 0.1) is 20.8 Å². The molecule has 0 aliphatic carbocycles. The van der Waals surface area contributed by atoms with E-state index in [9.17, 15) is 14.4 Å². The molecule has 10 heteroatoms. The van der Waals surface area contributed by atoms with E-state index in [0.29, 0.717) is 27.7 Å². The van der Waals surface area contributed by atoms with Gasteiger partial charge in [0.2, 0.25) is 5.91 Å². The molecule has 2 aromatic heterocycles. The molecule has 2 N–H and O–H groups in total. The molecule has 0 spiro atoms. The van der Waals surface area contributed by atoms with Crippen molar-refractivity contribution in [3.05, 3.63) is 33.0 Å². The molecule has 2 heterocycles. The molecule has 0 fully saturated rings. The first-order valence-electron chi connectivity index (χ1n) is 9.12. The van der Waals surface area contributed by atoms with E-state index in [1.165, 1.54) is 7.05 Å². The third-order valence-corrected chi connectivity index (χ3v) is 5.54. The van der Waals surface area contributed by atoms with E-state index < -0.39 is 5.97 Å². The largest absolute Gasteiger partial charge is 0.462 e. The molecule has 0 bridgehead atoms. The number of hydrogen-bond acceptors (Lipinski definition) is 8. The van der Waals surface area contributed by atoms with Crippen molar-refractivity contribution < 1.29 is 23.6 Å². The van der Waals surface area contributed by atoms with Crippen molar-refractivity contribution in [3.63, 3.8) is 0 Å². The standard InChI is InChI=1S/C19H26N4O5S/c1-7-27-19(26)15-10(2)16(17(25)20-5)29-18(15)21-14(24)9-23(6)8-13-11(3)22-28-12(13)4/h7-9H2,1-6H3,(H,20,25)(H,21,24). The molecule has 2 rings (SSSR count). The quantitative estimate of drug-likeness (QED) is 0.627. The fourth-order valence-corrected chi connectivity index (χ4v) is 4.00. The van der Waals surface area contributed by atoms with E-state index in [0.717, 1.165) is 22.6 Å². The van der Waals surface area contributed by atoms with Gasteiger partial charge in [0.1, 0.15) is 10.8 Å². The lowest BCUT2D eigenvalue weighted by Crippen LogP contribution is -2.30. The van der Waals surface area contributed by atoms with Gasteiger partial charge >= 0.3 is 5.97 Å². The highest BCUT2D eigenvalue weighted by molar-refractivity contribution is 7.18. The van der Waals surface area contributed by atoms with Crippen LogP contribution < -0.4 is 10.6 Å². The Bertz CT molecular complexity index is 899. The first-order chi connectivity index (χ1) is 13.7. The summed E-state index contributed by atoms with van der Waals surface area (Å²) in [5, 5.41) is 9.50. The summed E-state index contributed by atoms with van der Waals surface area (Å²) in [5.74, 6) is -0.497. The molecule has 0 atom stereocenters. The van der Waals surface area contributed by atoms with E-state index >= 15 is 0 Å². The highest BCUT2D eigenvalue weighted by Gasteiger charge is 2.26. The first kappa shape index (κ1) is 22.6. The van der Waals surface area contributed by atoms with Crippen molar-refractivity contribution in [2.24, 2.45) is 0 Å². The number of aryl methyl sites for hydroxylation is 2. The zero-order valence-electron chi connectivity index (χ0n) is 17.5. The predicted octanol–water partition coefficient (Wildman–Crippen LogP) is 2.27. The maximum absolute atomic E-state index is 12.6. The third kappa shape index (κ3) is 5.21. The van der Waals surface area contributed by atoms with Crippen LogP contribution in [0.25, 0.3) is 0 Å². The lowest BCUT2D eigenvalue weighted by Gasteiger charge is -2.16. The molecule has 9 nitrogen and oxygen atoms in total. The number of rotatable bonds is 8. The average Bonchev–Trinajstić information content (AvgIpc) is 3.14. The second-order valence-corrected chi connectivity index (χ2v) is 7.60. The number of esters is 1. The van der Waals surface area contributed by atoms with Crippen LogP contribution in [0.1, 0.15) is 49.5 Å². The molecule has 0 unspecified atom stereocenters. The summed E-state index contributed by atoms with van der Waals surface area (Å²) in [7, 11) is 3.31. The lowest BCUT2D eigenvalue weighted by molar-refractivity contribution is -0.117. The molecule has 0 saturated carbocycles. The van der Waals surface area contributed by atoms with E-state index in [1.807, 2.05) is 18.7 Å². The van der Waals surface area contributed by atoms with Gasteiger partial charge < -0.3 is 19.9 Å². The summed E-state index contributed by atoms with van der Waals surface area (Å²) in [6.45, 7) is 7.79. The Hall–Kier alpha value is -2.72. The molecular formula is C19H26N4O5S. The topological polar surface area (TPSA) is 114 Å². The summed E-state index contributed by atoms with van der Waals surface area (Å²) in [6.07, 6.45) is 0. The molecule has 158 valence electrons. The molecule has 2 aromatic rings. The molecule has 0 aliphatic heterocycles. The Morgan fingerprint density at radius 3 is 2.48 bits per heavy atom. The number of nitrogens with one attached hydrogen (secondary N) is 2. The zero-order valence-corrected chi connectivity index (χ0v) is 18.3. The number of likely N-dealkylation sites (N-methyl/N-ethyl adjacent to an activating group) is 1. The fraction of sp³-hybridized carbons (Fsp3) is 0.474. The second kappa shape index (κ2) is 9.66. The van der Waals surface area contributed by atoms with Gasteiger partial charge in [-0.05, 0) is 40.3 Å². The van der Waals surface area contributed by atoms with Gasteiger partial charge in [-0.1, -0.05) is 5.16 Å². The van der Waals surface area contributed by atoms with Crippen molar-refractivity contribution in [2.45, 2.75) is 34.2 Å². The molecular weight excluding hydrogens is 396 g/mol. The normalized spacial score (nSPS) is 10.9. The summed E-state index contributed by atoms with van der Waals surface area (Å²) >= 11 is 1.05. The summed E-state index contributed by atoms with van der Waals surface area (Å²) < 4.78 is 10.2. The third-order valence-electron chi connectivity index (χ3n) is 4.34. The van der Waals surface area contributed by atoms with Crippen LogP contribution in [-0.2, 0) is 16.1 Å². The van der Waals surface area contributed by atoms with Crippen LogP contribution in [-0.4, -0.2) is 55.1 Å². The van der Waals surface area contributed by atoms with Gasteiger partial charge in [-0.25, -0.2) is 4.79 Å². The Morgan fingerprint density at radius 1 is 1.24 bits per heavy atom. The number of amides is 2. The van der Waals surface area contributed by atoms with Crippen molar-refractivity contribution in [3.8, 4) is 0 Å². The number of anilines is 1. The Balaban J connectivity index is 2.17. The average molecular weight is 423 g/mol. The van der Waals surface area contributed by atoms with Crippen LogP contribution in [0.15, 0.2) is 4.52 Å². The van der Waals surface area contributed by atoms with Crippen LogP contribution in [0.3, 0.4) is 0 Å². The monoisotopic (exact) mass is 422 g/mol. The highest BCUT2D eigenvalue weighted by atomic mass is 32.1. The summed E-state index contributed by atoms with van der Waals surface area (Å²) in [6, 6.07) is 0. The summed E-state index contributed by atoms with van der Waals surface area (Å²) in [4.78, 5) is 39.2. The number of hydrogen-bond donors (Lipinski definition) is 2. The molecule has 0 aromatic carbocycles. The first-order valence-corrected chi connectivity index (χ1v) is 9.93. The fourth-order valence-electron chi connectivity index (χ4n) is 2.85. The Kier molecular flexibility index (Phi) is 7.52. The number of ether oxygens (including phenoxy) is 1. The molecule has 29 heavy (non-hydrogen) atoms. The van der Waals surface area contributed by atoms with Gasteiger partial charge in [-0.3, -0.25) is 14.5 Å². The van der Waals surface area contributed by atoms with E-state index in [2.05, 4.69) is 15.8 Å². The predicted molar refractivity (Wildman–Crippen MR) is 109 cm³/mol. The van der Waals surface area contributed by atoms with Gasteiger partial charge in [0.25, 0.3) is 5.91 Å². The van der Waals surface area contributed by atoms with Crippen molar-refractivity contribution in [1.82, 2.24) is 15.4 Å². The van der Waals surface area contributed by atoms with Crippen LogP contribution in [0.5, 0.6) is 0 Å². The molecule has 0 radical (unpaired) electrons. The minimum Gasteiger partial charge on any atom is -0.462 e. The number of aromatic nitrogens is 1. The van der Waals surface area contributed by atoms with Gasteiger partial charge in [-0.15, -0.1) is 11.3 Å². The van der Waals surface area contributed by atoms with Gasteiger partial charge in [0, 0.05) is 19.2 Å². The Morgan fingerprint density at radius 2 is 1.93 bits per heavy atom. The number of carbonyl (C=O) groups excluding carboxylic acids is 3. The minimum absolute atomic E-state index is 0.0819. The van der Waals surface area contributed by atoms with Crippen LogP contribution in [0.4, 0.5) is 5.00 Å². The smallest absolute Gasteiger partial charge is 0.341 e. The van der Waals surface area contributed by atoms with E-state index in [1.54, 1.807) is 20.9 Å². The number of thiophene rings is 1. The number of nitrogens with zero attached hydrogens (tertiary/aromatic N) is 2. The zero-order chi connectivity index (χ0) is 21.7. The van der Waals surface area contributed by atoms with Gasteiger partial charge in [0.15, 0.2) is 0 Å². The van der Waals surface area contributed by atoms with Crippen molar-refractivity contribution in [1.29, 1.82) is 0 Å². The van der Waals surface area contributed by atoms with Crippen LogP contribution in [0.2, 0.25) is 0 Å². The van der Waals surface area contributed by atoms with Gasteiger partial charge in [-0.2, -0.15) is 0 Å². The summed E-state index contributed by atoms with van der Waals surface area (Å²) in [5.41, 5.74) is 2.40.